The number of amides is 1. The Labute approximate surface area is 127 Å². The Morgan fingerprint density at radius 1 is 1.43 bits per heavy atom. The van der Waals surface area contributed by atoms with Crippen LogP contribution in [0.2, 0.25) is 0 Å². The molecular formula is C17H27N3O. The van der Waals surface area contributed by atoms with Gasteiger partial charge in [0, 0.05) is 24.7 Å². The lowest BCUT2D eigenvalue weighted by Gasteiger charge is -2.28. The summed E-state index contributed by atoms with van der Waals surface area (Å²) in [6, 6.07) is 2.38. The van der Waals surface area contributed by atoms with Gasteiger partial charge in [0.1, 0.15) is 0 Å². The summed E-state index contributed by atoms with van der Waals surface area (Å²) in [5.74, 6) is 2.68. The van der Waals surface area contributed by atoms with E-state index in [0.29, 0.717) is 24.9 Å². The molecule has 0 unspecified atom stereocenters. The van der Waals surface area contributed by atoms with Crippen LogP contribution < -0.4 is 5.32 Å². The van der Waals surface area contributed by atoms with Gasteiger partial charge in [-0.25, -0.2) is 0 Å². The minimum atomic E-state index is 0.165. The molecule has 4 heteroatoms. The van der Waals surface area contributed by atoms with Gasteiger partial charge in [0.15, 0.2) is 0 Å². The van der Waals surface area contributed by atoms with Crippen molar-refractivity contribution in [3.05, 3.63) is 17.5 Å². The van der Waals surface area contributed by atoms with E-state index in [4.69, 9.17) is 0 Å². The molecule has 0 aromatic carbocycles. The van der Waals surface area contributed by atoms with E-state index in [2.05, 4.69) is 23.4 Å². The standard InChI is InChI=1S/C17H27N3O/c1-11-8-12(2)20(19-11)7-6-17(21)18-13(3)16-10-14-4-5-15(16)9-14/h8,13-16H,4-7,9-10H2,1-3H3,(H,18,21)/t13-,14-,15-,16-/m0/s1. The Kier molecular flexibility index (Phi) is 4.05. The molecule has 2 fully saturated rings. The minimum Gasteiger partial charge on any atom is -0.353 e. The van der Waals surface area contributed by atoms with E-state index >= 15 is 0 Å². The number of carbonyl (C=O) groups excluding carboxylic acids is 1. The van der Waals surface area contributed by atoms with Crippen molar-refractivity contribution in [2.24, 2.45) is 17.8 Å². The van der Waals surface area contributed by atoms with Crippen molar-refractivity contribution < 1.29 is 4.79 Å². The highest BCUT2D eigenvalue weighted by atomic mass is 16.1. The Balaban J connectivity index is 1.47. The molecule has 2 aliphatic rings. The first-order valence-electron chi connectivity index (χ1n) is 8.33. The van der Waals surface area contributed by atoms with Crippen molar-refractivity contribution in [2.75, 3.05) is 0 Å². The van der Waals surface area contributed by atoms with Crippen LogP contribution in [0.15, 0.2) is 6.07 Å². The molecule has 3 rings (SSSR count). The molecule has 0 radical (unpaired) electrons. The summed E-state index contributed by atoms with van der Waals surface area (Å²) in [5.41, 5.74) is 2.14. The van der Waals surface area contributed by atoms with Crippen molar-refractivity contribution in [1.82, 2.24) is 15.1 Å². The van der Waals surface area contributed by atoms with Gasteiger partial charge >= 0.3 is 0 Å². The molecule has 116 valence electrons. The van der Waals surface area contributed by atoms with Crippen LogP contribution >= 0.6 is 0 Å². The third-order valence-electron chi connectivity index (χ3n) is 5.48. The van der Waals surface area contributed by atoms with Crippen LogP contribution in [0.3, 0.4) is 0 Å². The van der Waals surface area contributed by atoms with E-state index in [9.17, 15) is 4.79 Å². The summed E-state index contributed by atoms with van der Waals surface area (Å²) in [4.78, 5) is 12.2. The number of rotatable bonds is 5. The van der Waals surface area contributed by atoms with Gasteiger partial charge in [-0.1, -0.05) is 6.42 Å². The second kappa shape index (κ2) is 5.82. The summed E-state index contributed by atoms with van der Waals surface area (Å²) in [6.45, 7) is 6.89. The molecule has 1 N–H and O–H groups in total. The number of hydrogen-bond acceptors (Lipinski definition) is 2. The molecule has 2 saturated carbocycles. The Hall–Kier alpha value is -1.32. The number of hydrogen-bond donors (Lipinski definition) is 1. The molecule has 1 aromatic heterocycles. The smallest absolute Gasteiger partial charge is 0.222 e. The van der Waals surface area contributed by atoms with E-state index in [1.807, 2.05) is 18.5 Å². The first-order chi connectivity index (χ1) is 10.0. The predicted molar refractivity (Wildman–Crippen MR) is 82.9 cm³/mol. The van der Waals surface area contributed by atoms with Gasteiger partial charge in [0.2, 0.25) is 5.91 Å². The third kappa shape index (κ3) is 3.14. The molecule has 0 saturated heterocycles. The highest BCUT2D eigenvalue weighted by Gasteiger charge is 2.42. The normalized spacial score (nSPS) is 28.8. The van der Waals surface area contributed by atoms with Crippen LogP contribution in [0.1, 0.15) is 50.4 Å². The fraction of sp³-hybridized carbons (Fsp3) is 0.765. The second-order valence-corrected chi connectivity index (χ2v) is 7.10. The summed E-state index contributed by atoms with van der Waals surface area (Å²) < 4.78 is 1.93. The summed E-state index contributed by atoms with van der Waals surface area (Å²) >= 11 is 0. The zero-order valence-corrected chi connectivity index (χ0v) is 13.4. The number of aryl methyl sites for hydroxylation is 3. The molecule has 1 heterocycles. The number of carbonyl (C=O) groups is 1. The molecule has 4 nitrogen and oxygen atoms in total. The lowest BCUT2D eigenvalue weighted by atomic mass is 9.84. The highest BCUT2D eigenvalue weighted by Crippen LogP contribution is 2.49. The lowest BCUT2D eigenvalue weighted by Crippen LogP contribution is -2.40. The van der Waals surface area contributed by atoms with E-state index in [1.54, 1.807) is 0 Å². The van der Waals surface area contributed by atoms with Crippen LogP contribution in [0.5, 0.6) is 0 Å². The molecule has 0 aliphatic heterocycles. The molecule has 0 spiro atoms. The van der Waals surface area contributed by atoms with Crippen molar-refractivity contribution in [3.8, 4) is 0 Å². The average Bonchev–Trinajstić information content (AvgIpc) is 3.12. The SMILES string of the molecule is Cc1cc(C)n(CCC(=O)N[C@@H](C)[C@@H]2C[C@H]3CC[C@H]2C3)n1. The van der Waals surface area contributed by atoms with Gasteiger partial charge in [-0.05, 0) is 63.9 Å². The zero-order valence-electron chi connectivity index (χ0n) is 13.4. The largest absolute Gasteiger partial charge is 0.353 e. The molecule has 1 amide bonds. The molecule has 2 bridgehead atoms. The van der Waals surface area contributed by atoms with Crippen LogP contribution in [-0.2, 0) is 11.3 Å². The maximum absolute atomic E-state index is 12.2. The maximum atomic E-state index is 12.2. The van der Waals surface area contributed by atoms with Crippen molar-refractivity contribution in [3.63, 3.8) is 0 Å². The van der Waals surface area contributed by atoms with E-state index in [0.717, 1.165) is 23.2 Å². The van der Waals surface area contributed by atoms with Crippen LogP contribution in [0.25, 0.3) is 0 Å². The summed E-state index contributed by atoms with van der Waals surface area (Å²) in [6.07, 6.45) is 6.04. The lowest BCUT2D eigenvalue weighted by molar-refractivity contribution is -0.122. The fourth-order valence-electron chi connectivity index (χ4n) is 4.45. The first kappa shape index (κ1) is 14.6. The number of fused-ring (bicyclic) bond motifs is 2. The van der Waals surface area contributed by atoms with Gasteiger partial charge in [0.05, 0.1) is 5.69 Å². The first-order valence-corrected chi connectivity index (χ1v) is 8.33. The van der Waals surface area contributed by atoms with E-state index in [1.165, 1.54) is 25.7 Å². The summed E-state index contributed by atoms with van der Waals surface area (Å²) in [5, 5.41) is 7.63. The number of nitrogens with one attached hydrogen (secondary N) is 1. The number of nitrogens with zero attached hydrogens (tertiary/aromatic N) is 2. The minimum absolute atomic E-state index is 0.165. The van der Waals surface area contributed by atoms with Gasteiger partial charge < -0.3 is 5.32 Å². The molecular weight excluding hydrogens is 262 g/mol. The van der Waals surface area contributed by atoms with Gasteiger partial charge in [-0.2, -0.15) is 5.10 Å². The predicted octanol–water partition coefficient (Wildman–Crippen LogP) is 2.83. The van der Waals surface area contributed by atoms with E-state index < -0.39 is 0 Å². The second-order valence-electron chi connectivity index (χ2n) is 7.10. The topological polar surface area (TPSA) is 46.9 Å². The third-order valence-corrected chi connectivity index (χ3v) is 5.48. The molecule has 4 atom stereocenters. The van der Waals surface area contributed by atoms with Gasteiger partial charge in [0.25, 0.3) is 0 Å². The molecule has 2 aliphatic carbocycles. The Morgan fingerprint density at radius 3 is 2.81 bits per heavy atom. The van der Waals surface area contributed by atoms with Crippen molar-refractivity contribution in [2.45, 2.75) is 65.5 Å². The van der Waals surface area contributed by atoms with E-state index in [-0.39, 0.29) is 5.91 Å². The monoisotopic (exact) mass is 289 g/mol. The van der Waals surface area contributed by atoms with Gasteiger partial charge in [-0.15, -0.1) is 0 Å². The fourth-order valence-corrected chi connectivity index (χ4v) is 4.45. The number of aromatic nitrogens is 2. The molecule has 21 heavy (non-hydrogen) atoms. The van der Waals surface area contributed by atoms with Crippen LogP contribution in [0.4, 0.5) is 0 Å². The Bertz CT molecular complexity index is 522. The Morgan fingerprint density at radius 2 is 2.24 bits per heavy atom. The average molecular weight is 289 g/mol. The molecule has 1 aromatic rings. The van der Waals surface area contributed by atoms with Gasteiger partial charge in [-0.3, -0.25) is 9.48 Å². The highest BCUT2D eigenvalue weighted by molar-refractivity contribution is 5.76. The maximum Gasteiger partial charge on any atom is 0.222 e. The van der Waals surface area contributed by atoms with Crippen LogP contribution in [0, 0.1) is 31.6 Å². The summed E-state index contributed by atoms with van der Waals surface area (Å²) in [7, 11) is 0. The van der Waals surface area contributed by atoms with Crippen molar-refractivity contribution in [1.29, 1.82) is 0 Å². The van der Waals surface area contributed by atoms with Crippen LogP contribution in [-0.4, -0.2) is 21.7 Å². The quantitative estimate of drug-likeness (QED) is 0.906. The zero-order chi connectivity index (χ0) is 15.0. The van der Waals surface area contributed by atoms with Crippen molar-refractivity contribution >= 4 is 5.91 Å².